The molecule has 0 spiro atoms. The Hall–Kier alpha value is -1.34. The maximum atomic E-state index is 11.6. The molecule has 1 N–H and O–H groups in total. The van der Waals surface area contributed by atoms with Crippen LogP contribution in [0.3, 0.4) is 0 Å². The lowest BCUT2D eigenvalue weighted by Crippen LogP contribution is -2.01. The number of thiophene rings is 1. The summed E-state index contributed by atoms with van der Waals surface area (Å²) in [6, 6.07) is 0. The molecular formula is C10H10N2O3S2. The van der Waals surface area contributed by atoms with Crippen LogP contribution in [0.5, 0.6) is 5.75 Å². The number of thioether (sulfide) groups is 1. The van der Waals surface area contributed by atoms with Crippen molar-refractivity contribution in [2.45, 2.75) is 12.1 Å². The van der Waals surface area contributed by atoms with E-state index in [-0.39, 0.29) is 17.2 Å². The van der Waals surface area contributed by atoms with Gasteiger partial charge in [0, 0.05) is 6.20 Å². The molecule has 0 bridgehead atoms. The molecule has 0 aliphatic carbocycles. The second-order valence-corrected chi connectivity index (χ2v) is 4.85. The van der Waals surface area contributed by atoms with Crippen molar-refractivity contribution in [3.05, 3.63) is 11.1 Å². The van der Waals surface area contributed by atoms with Gasteiger partial charge in [0.15, 0.2) is 15.8 Å². The van der Waals surface area contributed by atoms with Crippen LogP contribution < -0.4 is 0 Å². The molecule has 0 unspecified atom stereocenters. The lowest BCUT2D eigenvalue weighted by Gasteiger charge is -1.97. The number of hydrogen-bond donors (Lipinski definition) is 1. The average molecular weight is 270 g/mol. The number of nitrogens with zero attached hydrogens (tertiary/aromatic N) is 2. The first-order chi connectivity index (χ1) is 8.17. The van der Waals surface area contributed by atoms with E-state index in [1.807, 2.05) is 6.26 Å². The Kier molecular flexibility index (Phi) is 3.49. The van der Waals surface area contributed by atoms with E-state index >= 15 is 0 Å². The van der Waals surface area contributed by atoms with Gasteiger partial charge in [-0.1, -0.05) is 11.8 Å². The summed E-state index contributed by atoms with van der Waals surface area (Å²) < 4.78 is 4.85. The van der Waals surface area contributed by atoms with Crippen LogP contribution in [0.4, 0.5) is 0 Å². The largest absolute Gasteiger partial charge is 0.505 e. The van der Waals surface area contributed by atoms with Crippen LogP contribution >= 0.6 is 23.1 Å². The van der Waals surface area contributed by atoms with E-state index in [1.54, 1.807) is 6.92 Å². The van der Waals surface area contributed by atoms with Crippen molar-refractivity contribution in [2.75, 3.05) is 12.9 Å². The standard InChI is InChI=1S/C10H10N2O3S2/c1-3-15-9(14)7-6(13)5-4-11-10(16-2)12-8(5)17-7/h4,13H,3H2,1-2H3. The normalized spacial score (nSPS) is 10.7. The highest BCUT2D eigenvalue weighted by Gasteiger charge is 2.20. The third-order valence-electron chi connectivity index (χ3n) is 2.04. The Morgan fingerprint density at radius 2 is 2.41 bits per heavy atom. The van der Waals surface area contributed by atoms with Crippen LogP contribution in [0.25, 0.3) is 10.2 Å². The summed E-state index contributed by atoms with van der Waals surface area (Å²) in [6.45, 7) is 1.99. The maximum absolute atomic E-state index is 11.6. The molecule has 0 aliphatic heterocycles. The highest BCUT2D eigenvalue weighted by atomic mass is 32.2. The number of carbonyl (C=O) groups is 1. The lowest BCUT2D eigenvalue weighted by atomic mass is 10.3. The number of rotatable bonds is 3. The molecule has 0 aliphatic rings. The fourth-order valence-corrected chi connectivity index (χ4v) is 2.62. The SMILES string of the molecule is CCOC(=O)c1sc2nc(SC)ncc2c1O. The van der Waals surface area contributed by atoms with Crippen molar-refractivity contribution in [3.63, 3.8) is 0 Å². The van der Waals surface area contributed by atoms with Gasteiger partial charge >= 0.3 is 5.97 Å². The molecule has 0 radical (unpaired) electrons. The molecule has 0 aromatic carbocycles. The van der Waals surface area contributed by atoms with Crippen LogP contribution in [0.1, 0.15) is 16.6 Å². The predicted molar refractivity (Wildman–Crippen MR) is 66.8 cm³/mol. The first-order valence-corrected chi connectivity index (χ1v) is 6.91. The van der Waals surface area contributed by atoms with E-state index in [0.29, 0.717) is 15.4 Å². The predicted octanol–water partition coefficient (Wildman–Crippen LogP) is 2.30. The van der Waals surface area contributed by atoms with Crippen LogP contribution in [0, 0.1) is 0 Å². The Morgan fingerprint density at radius 3 is 3.06 bits per heavy atom. The van der Waals surface area contributed by atoms with Gasteiger partial charge in [-0.25, -0.2) is 14.8 Å². The minimum absolute atomic E-state index is 0.101. The molecule has 2 aromatic rings. The third kappa shape index (κ3) is 2.20. The highest BCUT2D eigenvalue weighted by molar-refractivity contribution is 7.98. The van der Waals surface area contributed by atoms with Crippen molar-refractivity contribution >= 4 is 39.3 Å². The number of aromatic hydroxyl groups is 1. The minimum atomic E-state index is -0.529. The Labute approximate surface area is 106 Å². The number of carbonyl (C=O) groups excluding carboxylic acids is 1. The number of hydrogen-bond acceptors (Lipinski definition) is 7. The second kappa shape index (κ2) is 4.89. The zero-order valence-electron chi connectivity index (χ0n) is 9.26. The topological polar surface area (TPSA) is 72.3 Å². The third-order valence-corrected chi connectivity index (χ3v) is 3.67. The molecular weight excluding hydrogens is 260 g/mol. The first-order valence-electron chi connectivity index (χ1n) is 4.87. The molecule has 0 amide bonds. The summed E-state index contributed by atoms with van der Waals surface area (Å²) in [6.07, 6.45) is 3.38. The van der Waals surface area contributed by atoms with Gasteiger partial charge in [-0.05, 0) is 13.2 Å². The highest BCUT2D eigenvalue weighted by Crippen LogP contribution is 2.36. The molecule has 0 fully saturated rings. The van der Waals surface area contributed by atoms with Gasteiger partial charge in [0.2, 0.25) is 0 Å². The summed E-state index contributed by atoms with van der Waals surface area (Å²) in [7, 11) is 0. The second-order valence-electron chi connectivity index (χ2n) is 3.08. The molecule has 17 heavy (non-hydrogen) atoms. The first kappa shape index (κ1) is 12.1. The molecule has 7 heteroatoms. The van der Waals surface area contributed by atoms with Crippen LogP contribution in [0.15, 0.2) is 11.4 Å². The number of fused-ring (bicyclic) bond motifs is 1. The number of aromatic nitrogens is 2. The zero-order valence-corrected chi connectivity index (χ0v) is 10.9. The number of ether oxygens (including phenoxy) is 1. The van der Waals surface area contributed by atoms with E-state index in [0.717, 1.165) is 11.3 Å². The van der Waals surface area contributed by atoms with Crippen molar-refractivity contribution in [2.24, 2.45) is 0 Å². The molecule has 0 atom stereocenters. The Bertz CT molecular complexity index is 568. The smallest absolute Gasteiger partial charge is 0.352 e. The molecule has 0 saturated carbocycles. The van der Waals surface area contributed by atoms with E-state index in [1.165, 1.54) is 18.0 Å². The molecule has 5 nitrogen and oxygen atoms in total. The van der Waals surface area contributed by atoms with Crippen molar-refractivity contribution in [1.29, 1.82) is 0 Å². The van der Waals surface area contributed by atoms with Crippen molar-refractivity contribution < 1.29 is 14.6 Å². The minimum Gasteiger partial charge on any atom is -0.505 e. The fourth-order valence-electron chi connectivity index (χ4n) is 1.29. The molecule has 2 heterocycles. The zero-order chi connectivity index (χ0) is 12.4. The summed E-state index contributed by atoms with van der Waals surface area (Å²) >= 11 is 2.52. The quantitative estimate of drug-likeness (QED) is 0.524. The van der Waals surface area contributed by atoms with E-state index in [9.17, 15) is 9.90 Å². The van der Waals surface area contributed by atoms with Gasteiger partial charge in [-0.3, -0.25) is 0 Å². The molecule has 90 valence electrons. The van der Waals surface area contributed by atoms with Gasteiger partial charge in [-0.2, -0.15) is 0 Å². The lowest BCUT2D eigenvalue weighted by molar-refractivity contribution is 0.0529. The van der Waals surface area contributed by atoms with Gasteiger partial charge in [0.05, 0.1) is 12.0 Å². The van der Waals surface area contributed by atoms with Gasteiger partial charge < -0.3 is 9.84 Å². The number of esters is 1. The fraction of sp³-hybridized carbons (Fsp3) is 0.300. The maximum Gasteiger partial charge on any atom is 0.352 e. The molecule has 2 aromatic heterocycles. The van der Waals surface area contributed by atoms with E-state index in [2.05, 4.69) is 9.97 Å². The van der Waals surface area contributed by atoms with Crippen molar-refractivity contribution in [3.8, 4) is 5.75 Å². The Morgan fingerprint density at radius 1 is 1.65 bits per heavy atom. The van der Waals surface area contributed by atoms with E-state index < -0.39 is 5.97 Å². The summed E-state index contributed by atoms with van der Waals surface area (Å²) in [5.74, 6) is -0.630. The summed E-state index contributed by atoms with van der Waals surface area (Å²) in [5.41, 5.74) is 0. The molecule has 2 rings (SSSR count). The molecule has 0 saturated heterocycles. The average Bonchev–Trinajstić information content (AvgIpc) is 2.66. The summed E-state index contributed by atoms with van der Waals surface area (Å²) in [4.78, 5) is 20.6. The van der Waals surface area contributed by atoms with E-state index in [4.69, 9.17) is 4.74 Å². The van der Waals surface area contributed by atoms with Gasteiger partial charge in [-0.15, -0.1) is 11.3 Å². The Balaban J connectivity index is 2.52. The summed E-state index contributed by atoms with van der Waals surface area (Å²) in [5, 5.41) is 11.0. The van der Waals surface area contributed by atoms with Gasteiger partial charge in [0.1, 0.15) is 4.83 Å². The monoisotopic (exact) mass is 270 g/mol. The van der Waals surface area contributed by atoms with Gasteiger partial charge in [0.25, 0.3) is 0 Å². The van der Waals surface area contributed by atoms with Crippen molar-refractivity contribution in [1.82, 2.24) is 9.97 Å². The van der Waals surface area contributed by atoms with Crippen LogP contribution in [0.2, 0.25) is 0 Å². The van der Waals surface area contributed by atoms with Crippen LogP contribution in [-0.2, 0) is 4.74 Å². The van der Waals surface area contributed by atoms with Crippen LogP contribution in [-0.4, -0.2) is 33.9 Å².